The fourth-order valence-electron chi connectivity index (χ4n) is 2.13. The highest BCUT2D eigenvalue weighted by Crippen LogP contribution is 2.20. The first-order valence-electron chi connectivity index (χ1n) is 6.16. The molecule has 20 heavy (non-hydrogen) atoms. The Hall–Kier alpha value is -1.47. The summed E-state index contributed by atoms with van der Waals surface area (Å²) in [7, 11) is 0. The van der Waals surface area contributed by atoms with Crippen molar-refractivity contribution in [3.63, 3.8) is 0 Å². The van der Waals surface area contributed by atoms with Crippen molar-refractivity contribution in [2.75, 3.05) is 32.7 Å². The summed E-state index contributed by atoms with van der Waals surface area (Å²) in [5.74, 6) is -1.58. The second-order valence-corrected chi connectivity index (χ2v) is 5.44. The van der Waals surface area contributed by atoms with E-state index in [1.807, 2.05) is 0 Å². The van der Waals surface area contributed by atoms with Gasteiger partial charge in [0, 0.05) is 30.7 Å². The van der Waals surface area contributed by atoms with Crippen molar-refractivity contribution in [2.24, 2.45) is 0 Å². The largest absolute Gasteiger partial charge is 0.480 e. The summed E-state index contributed by atoms with van der Waals surface area (Å²) in [6.07, 6.45) is 0. The van der Waals surface area contributed by atoms with Crippen molar-refractivity contribution >= 4 is 27.8 Å². The van der Waals surface area contributed by atoms with Gasteiger partial charge in [0.1, 0.15) is 5.82 Å². The Kier molecular flexibility index (Phi) is 4.72. The SMILES string of the molecule is O=C(O)CN1CCN(C(=O)c2cc(F)ccc2Br)CC1. The molecule has 7 heteroatoms. The van der Waals surface area contributed by atoms with Crippen LogP contribution < -0.4 is 0 Å². The van der Waals surface area contributed by atoms with Crippen LogP contribution in [0.25, 0.3) is 0 Å². The number of carboxylic acids is 1. The zero-order valence-electron chi connectivity index (χ0n) is 10.7. The third-order valence-corrected chi connectivity index (χ3v) is 3.87. The van der Waals surface area contributed by atoms with E-state index < -0.39 is 11.8 Å². The number of carbonyl (C=O) groups excluding carboxylic acids is 1. The molecule has 0 saturated carbocycles. The Morgan fingerprint density at radius 1 is 1.25 bits per heavy atom. The van der Waals surface area contributed by atoms with Crippen LogP contribution in [0.5, 0.6) is 0 Å². The first kappa shape index (κ1) is 14.9. The molecular formula is C13H14BrFN2O3. The molecule has 1 amide bonds. The topological polar surface area (TPSA) is 60.9 Å². The molecular weight excluding hydrogens is 331 g/mol. The standard InChI is InChI=1S/C13H14BrFN2O3/c14-11-2-1-9(15)7-10(11)13(20)17-5-3-16(4-6-17)8-12(18)19/h1-2,7H,3-6,8H2,(H,18,19). The molecule has 1 fully saturated rings. The Balaban J connectivity index is 2.01. The summed E-state index contributed by atoms with van der Waals surface area (Å²) in [5, 5.41) is 8.72. The summed E-state index contributed by atoms with van der Waals surface area (Å²) in [4.78, 5) is 26.3. The fourth-order valence-corrected chi connectivity index (χ4v) is 2.55. The van der Waals surface area contributed by atoms with Crippen LogP contribution in [0.3, 0.4) is 0 Å². The molecule has 0 unspecified atom stereocenters. The highest BCUT2D eigenvalue weighted by Gasteiger charge is 2.24. The molecule has 1 saturated heterocycles. The average Bonchev–Trinajstić information content (AvgIpc) is 2.41. The smallest absolute Gasteiger partial charge is 0.317 e. The fraction of sp³-hybridized carbons (Fsp3) is 0.385. The lowest BCUT2D eigenvalue weighted by atomic mass is 10.1. The van der Waals surface area contributed by atoms with Gasteiger partial charge in [0.15, 0.2) is 0 Å². The molecule has 0 radical (unpaired) electrons. The van der Waals surface area contributed by atoms with E-state index in [0.717, 1.165) is 0 Å². The number of nitrogens with zero attached hydrogens (tertiary/aromatic N) is 2. The van der Waals surface area contributed by atoms with Crippen LogP contribution in [0.4, 0.5) is 4.39 Å². The van der Waals surface area contributed by atoms with Gasteiger partial charge in [-0.2, -0.15) is 0 Å². The molecule has 108 valence electrons. The van der Waals surface area contributed by atoms with Crippen LogP contribution in [0.2, 0.25) is 0 Å². The Labute approximate surface area is 124 Å². The minimum Gasteiger partial charge on any atom is -0.480 e. The first-order valence-corrected chi connectivity index (χ1v) is 6.95. The zero-order valence-corrected chi connectivity index (χ0v) is 12.3. The van der Waals surface area contributed by atoms with E-state index in [1.54, 1.807) is 9.80 Å². The summed E-state index contributed by atoms with van der Waals surface area (Å²) < 4.78 is 13.8. The number of carbonyl (C=O) groups is 2. The molecule has 1 N–H and O–H groups in total. The summed E-state index contributed by atoms with van der Waals surface area (Å²) in [6, 6.07) is 3.99. The van der Waals surface area contributed by atoms with Crippen molar-refractivity contribution in [2.45, 2.75) is 0 Å². The van der Waals surface area contributed by atoms with Gasteiger partial charge in [-0.05, 0) is 34.1 Å². The number of hydrogen-bond acceptors (Lipinski definition) is 3. The van der Waals surface area contributed by atoms with Crippen LogP contribution in [0, 0.1) is 5.82 Å². The van der Waals surface area contributed by atoms with Gasteiger partial charge in [-0.25, -0.2) is 4.39 Å². The number of hydrogen-bond donors (Lipinski definition) is 1. The highest BCUT2D eigenvalue weighted by atomic mass is 79.9. The maximum absolute atomic E-state index is 13.2. The lowest BCUT2D eigenvalue weighted by Gasteiger charge is -2.34. The van der Waals surface area contributed by atoms with Crippen LogP contribution in [-0.2, 0) is 4.79 Å². The minimum absolute atomic E-state index is 0.0221. The van der Waals surface area contributed by atoms with Gasteiger partial charge in [0.2, 0.25) is 0 Å². The second-order valence-electron chi connectivity index (χ2n) is 4.59. The van der Waals surface area contributed by atoms with Crippen LogP contribution >= 0.6 is 15.9 Å². The quantitative estimate of drug-likeness (QED) is 0.901. The van der Waals surface area contributed by atoms with E-state index in [2.05, 4.69) is 15.9 Å². The van der Waals surface area contributed by atoms with E-state index in [1.165, 1.54) is 18.2 Å². The molecule has 1 aliphatic rings. The number of rotatable bonds is 3. The Morgan fingerprint density at radius 2 is 1.90 bits per heavy atom. The monoisotopic (exact) mass is 344 g/mol. The van der Waals surface area contributed by atoms with Crippen LogP contribution in [0.15, 0.2) is 22.7 Å². The summed E-state index contributed by atoms with van der Waals surface area (Å²) >= 11 is 3.24. The van der Waals surface area contributed by atoms with E-state index in [9.17, 15) is 14.0 Å². The first-order chi connectivity index (χ1) is 9.47. The van der Waals surface area contributed by atoms with Gasteiger partial charge in [-0.15, -0.1) is 0 Å². The van der Waals surface area contributed by atoms with Crippen molar-refractivity contribution in [3.05, 3.63) is 34.1 Å². The molecule has 1 aromatic carbocycles. The number of piperazine rings is 1. The predicted molar refractivity (Wildman–Crippen MR) is 74.1 cm³/mol. The molecule has 0 bridgehead atoms. The van der Waals surface area contributed by atoms with E-state index >= 15 is 0 Å². The van der Waals surface area contributed by atoms with E-state index in [4.69, 9.17) is 5.11 Å². The Bertz CT molecular complexity index is 530. The lowest BCUT2D eigenvalue weighted by molar-refractivity contribution is -0.138. The maximum atomic E-state index is 13.2. The number of halogens is 2. The second kappa shape index (κ2) is 6.32. The van der Waals surface area contributed by atoms with Gasteiger partial charge < -0.3 is 10.0 Å². The van der Waals surface area contributed by atoms with Gasteiger partial charge in [-0.3, -0.25) is 14.5 Å². The van der Waals surface area contributed by atoms with Crippen molar-refractivity contribution in [3.8, 4) is 0 Å². The van der Waals surface area contributed by atoms with Gasteiger partial charge in [-0.1, -0.05) is 0 Å². The number of aliphatic carboxylic acids is 1. The van der Waals surface area contributed by atoms with Gasteiger partial charge in [0.25, 0.3) is 5.91 Å². The van der Waals surface area contributed by atoms with Crippen LogP contribution in [-0.4, -0.2) is 59.5 Å². The molecule has 0 aromatic heterocycles. The summed E-state index contributed by atoms with van der Waals surface area (Å²) in [6.45, 7) is 1.87. The molecule has 2 rings (SSSR count). The number of amides is 1. The van der Waals surface area contributed by atoms with E-state index in [0.29, 0.717) is 30.7 Å². The molecule has 0 aliphatic carbocycles. The molecule has 1 heterocycles. The molecule has 5 nitrogen and oxygen atoms in total. The molecule has 0 spiro atoms. The summed E-state index contributed by atoms with van der Waals surface area (Å²) in [5.41, 5.74) is 0.289. The molecule has 1 aromatic rings. The van der Waals surface area contributed by atoms with Crippen LogP contribution in [0.1, 0.15) is 10.4 Å². The van der Waals surface area contributed by atoms with Gasteiger partial charge in [0.05, 0.1) is 12.1 Å². The predicted octanol–water partition coefficient (Wildman–Crippen LogP) is 1.43. The lowest BCUT2D eigenvalue weighted by Crippen LogP contribution is -2.50. The third-order valence-electron chi connectivity index (χ3n) is 3.18. The normalized spacial score (nSPS) is 16.2. The maximum Gasteiger partial charge on any atom is 0.317 e. The average molecular weight is 345 g/mol. The van der Waals surface area contributed by atoms with Crippen molar-refractivity contribution in [1.29, 1.82) is 0 Å². The molecule has 0 atom stereocenters. The molecule has 1 aliphatic heterocycles. The number of carboxylic acid groups (broad SMARTS) is 1. The zero-order chi connectivity index (χ0) is 14.7. The number of benzene rings is 1. The van der Waals surface area contributed by atoms with Crippen molar-refractivity contribution in [1.82, 2.24) is 9.80 Å². The third kappa shape index (κ3) is 3.55. The minimum atomic E-state index is -0.877. The van der Waals surface area contributed by atoms with Crippen molar-refractivity contribution < 1.29 is 19.1 Å². The van der Waals surface area contributed by atoms with Gasteiger partial charge >= 0.3 is 5.97 Å². The van der Waals surface area contributed by atoms with E-state index in [-0.39, 0.29) is 18.0 Å². The highest BCUT2D eigenvalue weighted by molar-refractivity contribution is 9.10. The Morgan fingerprint density at radius 3 is 2.50 bits per heavy atom.